The lowest BCUT2D eigenvalue weighted by Crippen LogP contribution is -2.31. The van der Waals surface area contributed by atoms with Crippen LogP contribution in [-0.4, -0.2) is 30.3 Å². The molecule has 1 aromatic rings. The molecule has 0 saturated carbocycles. The Balaban J connectivity index is 1.96. The first kappa shape index (κ1) is 14.5. The third-order valence-corrected chi connectivity index (χ3v) is 4.18. The first-order valence-corrected chi connectivity index (χ1v) is 7.35. The van der Waals surface area contributed by atoms with Crippen LogP contribution < -0.4 is 0 Å². The molecule has 2 nitrogen and oxygen atoms in total. The molecular formula is C16H22ClNO. The van der Waals surface area contributed by atoms with Crippen molar-refractivity contribution in [1.29, 1.82) is 0 Å². The maximum absolute atomic E-state index is 12.2. The van der Waals surface area contributed by atoms with Crippen LogP contribution in [0.3, 0.4) is 0 Å². The van der Waals surface area contributed by atoms with Gasteiger partial charge in [0.25, 0.3) is 0 Å². The minimum Gasteiger partial charge on any atom is -0.296 e. The molecule has 19 heavy (non-hydrogen) atoms. The molecule has 0 N–H and O–H groups in total. The summed E-state index contributed by atoms with van der Waals surface area (Å²) in [6, 6.07) is 7.23. The molecule has 3 heteroatoms. The predicted molar refractivity (Wildman–Crippen MR) is 79.9 cm³/mol. The number of carbonyl (C=O) groups excluding carboxylic acids is 1. The van der Waals surface area contributed by atoms with E-state index in [2.05, 4.69) is 18.7 Å². The zero-order valence-electron chi connectivity index (χ0n) is 11.8. The highest BCUT2D eigenvalue weighted by molar-refractivity contribution is 6.31. The van der Waals surface area contributed by atoms with Crippen LogP contribution in [0.2, 0.25) is 5.02 Å². The summed E-state index contributed by atoms with van der Waals surface area (Å²) in [5.74, 6) is 0.169. The van der Waals surface area contributed by atoms with Crippen molar-refractivity contribution in [3.8, 4) is 0 Å². The largest absolute Gasteiger partial charge is 0.296 e. The van der Waals surface area contributed by atoms with Gasteiger partial charge in [0.05, 0.1) is 6.54 Å². The number of Topliss-reactive ketones (excluding diaryl/α,β-unsaturated/α-hetero) is 1. The molecule has 1 heterocycles. The van der Waals surface area contributed by atoms with E-state index in [9.17, 15) is 4.79 Å². The van der Waals surface area contributed by atoms with Crippen molar-refractivity contribution < 1.29 is 4.79 Å². The van der Waals surface area contributed by atoms with Gasteiger partial charge in [-0.1, -0.05) is 37.6 Å². The highest BCUT2D eigenvalue weighted by atomic mass is 35.5. The van der Waals surface area contributed by atoms with Crippen LogP contribution in [-0.2, 0) is 0 Å². The molecule has 0 aliphatic carbocycles. The van der Waals surface area contributed by atoms with Gasteiger partial charge < -0.3 is 0 Å². The fraction of sp³-hybridized carbons (Fsp3) is 0.562. The summed E-state index contributed by atoms with van der Waals surface area (Å²) in [5.41, 5.74) is 1.13. The van der Waals surface area contributed by atoms with Gasteiger partial charge in [0.2, 0.25) is 0 Å². The van der Waals surface area contributed by atoms with Crippen LogP contribution in [0.4, 0.5) is 0 Å². The number of halogens is 1. The molecule has 1 saturated heterocycles. The Kier molecular flexibility index (Phi) is 4.64. The van der Waals surface area contributed by atoms with Crippen LogP contribution in [0.5, 0.6) is 0 Å². The summed E-state index contributed by atoms with van der Waals surface area (Å²) in [6.45, 7) is 7.18. The molecule has 0 bridgehead atoms. The Morgan fingerprint density at radius 3 is 2.84 bits per heavy atom. The number of benzene rings is 1. The molecule has 0 radical (unpaired) electrons. The monoisotopic (exact) mass is 279 g/mol. The second-order valence-electron chi connectivity index (χ2n) is 6.23. The van der Waals surface area contributed by atoms with Crippen molar-refractivity contribution in [3.63, 3.8) is 0 Å². The molecule has 104 valence electrons. The number of ketones is 1. The predicted octanol–water partition coefficient (Wildman–Crippen LogP) is 4.03. The van der Waals surface area contributed by atoms with Gasteiger partial charge in [-0.3, -0.25) is 9.69 Å². The van der Waals surface area contributed by atoms with Crippen LogP contribution in [0, 0.1) is 5.41 Å². The molecule has 0 atom stereocenters. The minimum atomic E-state index is 0.169. The average molecular weight is 280 g/mol. The fourth-order valence-electron chi connectivity index (χ4n) is 2.59. The summed E-state index contributed by atoms with van der Waals surface area (Å²) in [4.78, 5) is 14.5. The molecule has 1 aromatic carbocycles. The molecule has 0 unspecified atom stereocenters. The molecule has 1 aliphatic heterocycles. The van der Waals surface area contributed by atoms with Crippen molar-refractivity contribution in [2.45, 2.75) is 33.1 Å². The lowest BCUT2D eigenvalue weighted by molar-refractivity contribution is 0.0930. The van der Waals surface area contributed by atoms with E-state index in [1.807, 2.05) is 12.1 Å². The average Bonchev–Trinajstić information content (AvgIpc) is 2.51. The summed E-state index contributed by atoms with van der Waals surface area (Å²) in [7, 11) is 0. The van der Waals surface area contributed by atoms with E-state index in [4.69, 9.17) is 11.6 Å². The van der Waals surface area contributed by atoms with Gasteiger partial charge in [0.15, 0.2) is 5.78 Å². The van der Waals surface area contributed by atoms with Gasteiger partial charge in [-0.15, -0.1) is 0 Å². The lowest BCUT2D eigenvalue weighted by Gasteiger charge is -2.22. The van der Waals surface area contributed by atoms with E-state index in [-0.39, 0.29) is 5.78 Å². The number of likely N-dealkylation sites (tertiary alicyclic amines) is 1. The third kappa shape index (κ3) is 4.32. The number of rotatable bonds is 3. The van der Waals surface area contributed by atoms with Crippen LogP contribution in [0.25, 0.3) is 0 Å². The highest BCUT2D eigenvalue weighted by Crippen LogP contribution is 2.29. The van der Waals surface area contributed by atoms with Gasteiger partial charge in [0.1, 0.15) is 0 Å². The summed E-state index contributed by atoms with van der Waals surface area (Å²) < 4.78 is 0. The Morgan fingerprint density at radius 2 is 2.11 bits per heavy atom. The Bertz CT molecular complexity index is 456. The van der Waals surface area contributed by atoms with E-state index in [1.54, 1.807) is 12.1 Å². The SMILES string of the molecule is CC1(C)CCCN(CC(=O)c2cccc(Cl)c2)CC1. The van der Waals surface area contributed by atoms with E-state index in [0.717, 1.165) is 25.1 Å². The van der Waals surface area contributed by atoms with Gasteiger partial charge in [-0.25, -0.2) is 0 Å². The second kappa shape index (κ2) is 6.06. The number of hydrogen-bond acceptors (Lipinski definition) is 2. The zero-order chi connectivity index (χ0) is 13.9. The maximum atomic E-state index is 12.2. The summed E-state index contributed by atoms with van der Waals surface area (Å²) in [6.07, 6.45) is 3.58. The smallest absolute Gasteiger partial charge is 0.176 e. The summed E-state index contributed by atoms with van der Waals surface area (Å²) >= 11 is 5.93. The normalized spacial score (nSPS) is 19.9. The van der Waals surface area contributed by atoms with Crippen molar-refractivity contribution in [2.75, 3.05) is 19.6 Å². The molecular weight excluding hydrogens is 258 g/mol. The van der Waals surface area contributed by atoms with Crippen molar-refractivity contribution >= 4 is 17.4 Å². The van der Waals surface area contributed by atoms with E-state index >= 15 is 0 Å². The topological polar surface area (TPSA) is 20.3 Å². The second-order valence-corrected chi connectivity index (χ2v) is 6.66. The highest BCUT2D eigenvalue weighted by Gasteiger charge is 2.24. The Hall–Kier alpha value is -0.860. The number of hydrogen-bond donors (Lipinski definition) is 0. The molecule has 0 aromatic heterocycles. The fourth-order valence-corrected chi connectivity index (χ4v) is 2.78. The zero-order valence-corrected chi connectivity index (χ0v) is 12.5. The Morgan fingerprint density at radius 1 is 1.32 bits per heavy atom. The summed E-state index contributed by atoms with van der Waals surface area (Å²) in [5, 5.41) is 0.628. The maximum Gasteiger partial charge on any atom is 0.176 e. The molecule has 0 spiro atoms. The van der Waals surface area contributed by atoms with Gasteiger partial charge in [-0.2, -0.15) is 0 Å². The van der Waals surface area contributed by atoms with Gasteiger partial charge >= 0.3 is 0 Å². The van der Waals surface area contributed by atoms with Gasteiger partial charge in [-0.05, 0) is 49.9 Å². The molecule has 1 aliphatic rings. The van der Waals surface area contributed by atoms with E-state index in [1.165, 1.54) is 12.8 Å². The van der Waals surface area contributed by atoms with Crippen molar-refractivity contribution in [2.24, 2.45) is 5.41 Å². The quantitative estimate of drug-likeness (QED) is 0.779. The van der Waals surface area contributed by atoms with Crippen LogP contribution in [0.15, 0.2) is 24.3 Å². The Labute approximate surface area is 120 Å². The molecule has 0 amide bonds. The minimum absolute atomic E-state index is 0.169. The first-order valence-electron chi connectivity index (χ1n) is 6.97. The third-order valence-electron chi connectivity index (χ3n) is 3.95. The van der Waals surface area contributed by atoms with Crippen molar-refractivity contribution in [3.05, 3.63) is 34.9 Å². The van der Waals surface area contributed by atoms with Crippen LogP contribution >= 0.6 is 11.6 Å². The van der Waals surface area contributed by atoms with Crippen LogP contribution in [0.1, 0.15) is 43.5 Å². The first-order chi connectivity index (χ1) is 8.96. The standard InChI is InChI=1S/C16H22ClNO/c1-16(2)7-4-9-18(10-8-16)12-15(19)13-5-3-6-14(17)11-13/h3,5-6,11H,4,7-10,12H2,1-2H3. The van der Waals surface area contributed by atoms with Crippen molar-refractivity contribution in [1.82, 2.24) is 4.90 Å². The number of nitrogens with zero attached hydrogens (tertiary/aromatic N) is 1. The van der Waals surface area contributed by atoms with E-state index < -0.39 is 0 Å². The van der Waals surface area contributed by atoms with E-state index in [0.29, 0.717) is 17.0 Å². The lowest BCUT2D eigenvalue weighted by atomic mass is 9.85. The van der Waals surface area contributed by atoms with Gasteiger partial charge in [0, 0.05) is 10.6 Å². The number of carbonyl (C=O) groups is 1. The molecule has 1 fully saturated rings. The molecule has 2 rings (SSSR count).